The van der Waals surface area contributed by atoms with Gasteiger partial charge in [0.25, 0.3) is 5.91 Å². The third-order valence-corrected chi connectivity index (χ3v) is 6.26. The Hall–Kier alpha value is -1.93. The predicted molar refractivity (Wildman–Crippen MR) is 93.4 cm³/mol. The number of ether oxygens (including phenoxy) is 1. The topological polar surface area (TPSA) is 92.8 Å². The van der Waals surface area contributed by atoms with Gasteiger partial charge in [-0.25, -0.2) is 8.42 Å². The van der Waals surface area contributed by atoms with Crippen molar-refractivity contribution in [3.05, 3.63) is 24.3 Å². The third-order valence-electron chi connectivity index (χ3n) is 4.22. The van der Waals surface area contributed by atoms with E-state index in [9.17, 15) is 18.0 Å². The van der Waals surface area contributed by atoms with Crippen molar-refractivity contribution in [2.24, 2.45) is 11.8 Å². The van der Waals surface area contributed by atoms with Crippen molar-refractivity contribution in [2.75, 3.05) is 25.0 Å². The number of nitrogens with zero attached hydrogens (tertiary/aromatic N) is 1. The minimum Gasteiger partial charge on any atom is -0.455 e. The lowest BCUT2D eigenvalue weighted by atomic mass is 10.3. The Morgan fingerprint density at radius 1 is 1.28 bits per heavy atom. The Bertz CT molecular complexity index is 743. The summed E-state index contributed by atoms with van der Waals surface area (Å²) in [6.07, 6.45) is 0.797. The largest absolute Gasteiger partial charge is 0.455 e. The number of esters is 1. The summed E-state index contributed by atoms with van der Waals surface area (Å²) in [6, 6.07) is 6.03. The van der Waals surface area contributed by atoms with Crippen LogP contribution in [0.2, 0.25) is 0 Å². The summed E-state index contributed by atoms with van der Waals surface area (Å²) in [7, 11) is -3.60. The van der Waals surface area contributed by atoms with E-state index >= 15 is 0 Å². The van der Waals surface area contributed by atoms with Crippen LogP contribution in [0.15, 0.2) is 29.2 Å². The quantitative estimate of drug-likeness (QED) is 0.707. The predicted octanol–water partition coefficient (Wildman–Crippen LogP) is 1.85. The summed E-state index contributed by atoms with van der Waals surface area (Å²) in [5.41, 5.74) is 0.342. The van der Waals surface area contributed by atoms with Crippen molar-refractivity contribution < 1.29 is 22.7 Å². The first-order valence-electron chi connectivity index (χ1n) is 8.36. The maximum atomic E-state index is 12.5. The van der Waals surface area contributed by atoms with Crippen LogP contribution in [0.5, 0.6) is 0 Å². The van der Waals surface area contributed by atoms with Gasteiger partial charge in [0.05, 0.1) is 10.8 Å². The van der Waals surface area contributed by atoms with Gasteiger partial charge >= 0.3 is 5.97 Å². The number of carbonyl (C=O) groups excluding carboxylic acids is 2. The number of hydrogen-bond acceptors (Lipinski definition) is 5. The summed E-state index contributed by atoms with van der Waals surface area (Å²) in [4.78, 5) is 23.6. The molecular weight excluding hydrogens is 344 g/mol. The van der Waals surface area contributed by atoms with Crippen LogP contribution in [0.25, 0.3) is 0 Å². The van der Waals surface area contributed by atoms with Crippen LogP contribution in [0.3, 0.4) is 0 Å². The summed E-state index contributed by atoms with van der Waals surface area (Å²) >= 11 is 0. The molecule has 1 amide bonds. The lowest BCUT2D eigenvalue weighted by Gasteiger charge is -2.18. The Morgan fingerprint density at radius 3 is 2.48 bits per heavy atom. The first-order valence-corrected chi connectivity index (χ1v) is 9.80. The van der Waals surface area contributed by atoms with Crippen molar-refractivity contribution in [3.8, 4) is 0 Å². The molecule has 138 valence electrons. The van der Waals surface area contributed by atoms with Crippen LogP contribution >= 0.6 is 0 Å². The monoisotopic (exact) mass is 368 g/mol. The van der Waals surface area contributed by atoms with E-state index in [4.69, 9.17) is 4.74 Å². The first-order chi connectivity index (χ1) is 11.8. The fourth-order valence-corrected chi connectivity index (χ4v) is 4.04. The summed E-state index contributed by atoms with van der Waals surface area (Å²) in [6.45, 7) is 5.84. The summed E-state index contributed by atoms with van der Waals surface area (Å²) < 4.78 is 31.3. The zero-order valence-corrected chi connectivity index (χ0v) is 15.5. The summed E-state index contributed by atoms with van der Waals surface area (Å²) in [5, 5.41) is 2.56. The maximum absolute atomic E-state index is 12.5. The van der Waals surface area contributed by atoms with E-state index in [1.54, 1.807) is 26.0 Å². The number of carbonyl (C=O) groups is 2. The number of amides is 1. The van der Waals surface area contributed by atoms with Crippen LogP contribution < -0.4 is 5.32 Å². The molecule has 1 fully saturated rings. The van der Waals surface area contributed by atoms with Gasteiger partial charge in [-0.05, 0) is 30.5 Å². The van der Waals surface area contributed by atoms with E-state index in [0.717, 1.165) is 6.42 Å². The zero-order chi connectivity index (χ0) is 18.6. The lowest BCUT2D eigenvalue weighted by molar-refractivity contribution is -0.148. The number of sulfonamides is 1. The minimum atomic E-state index is -3.60. The van der Waals surface area contributed by atoms with E-state index in [2.05, 4.69) is 5.32 Å². The molecule has 0 spiro atoms. The first kappa shape index (κ1) is 19.4. The molecule has 0 saturated heterocycles. The van der Waals surface area contributed by atoms with Gasteiger partial charge < -0.3 is 10.1 Å². The van der Waals surface area contributed by atoms with Gasteiger partial charge in [-0.15, -0.1) is 0 Å². The molecule has 1 aliphatic carbocycles. The standard InChI is InChI=1S/C17H24N2O5S/c1-4-19(5-2)25(22,23)14-8-6-7-13(10-14)18-16(20)11-24-17(21)15-9-12(15)3/h6-8,10,12,15H,4-5,9,11H2,1-3H3,(H,18,20)/t12-,15-/m0/s1. The fourth-order valence-electron chi connectivity index (χ4n) is 2.54. The Balaban J connectivity index is 1.99. The average Bonchev–Trinajstić information content (AvgIpc) is 3.30. The molecule has 1 saturated carbocycles. The van der Waals surface area contributed by atoms with Crippen LogP contribution in [0, 0.1) is 11.8 Å². The normalized spacial score (nSPS) is 19.5. The van der Waals surface area contributed by atoms with Crippen molar-refractivity contribution in [1.29, 1.82) is 0 Å². The van der Waals surface area contributed by atoms with Crippen LogP contribution in [-0.4, -0.2) is 44.3 Å². The second-order valence-corrected chi connectivity index (χ2v) is 8.03. The Labute approximate surface area is 148 Å². The molecule has 0 unspecified atom stereocenters. The highest BCUT2D eigenvalue weighted by atomic mass is 32.2. The van der Waals surface area contributed by atoms with E-state index < -0.39 is 15.9 Å². The molecule has 0 bridgehead atoms. The molecule has 2 rings (SSSR count). The highest BCUT2D eigenvalue weighted by Crippen LogP contribution is 2.38. The number of nitrogens with one attached hydrogen (secondary N) is 1. The smallest absolute Gasteiger partial charge is 0.309 e. The Morgan fingerprint density at radius 2 is 1.92 bits per heavy atom. The molecule has 8 heteroatoms. The lowest BCUT2D eigenvalue weighted by Crippen LogP contribution is -2.30. The molecule has 1 aromatic rings. The molecule has 0 aromatic heterocycles. The van der Waals surface area contributed by atoms with Gasteiger partial charge in [0.15, 0.2) is 6.61 Å². The SMILES string of the molecule is CCN(CC)S(=O)(=O)c1cccc(NC(=O)COC(=O)[C@H]2C[C@@H]2C)c1. The van der Waals surface area contributed by atoms with Crippen molar-refractivity contribution in [1.82, 2.24) is 4.31 Å². The summed E-state index contributed by atoms with van der Waals surface area (Å²) in [5.74, 6) is -0.646. The number of rotatable bonds is 8. The molecule has 0 aliphatic heterocycles. The maximum Gasteiger partial charge on any atom is 0.309 e. The van der Waals surface area contributed by atoms with E-state index in [1.165, 1.54) is 16.4 Å². The van der Waals surface area contributed by atoms with E-state index in [-0.39, 0.29) is 23.4 Å². The van der Waals surface area contributed by atoms with Crippen molar-refractivity contribution >= 4 is 27.6 Å². The molecule has 2 atom stereocenters. The highest BCUT2D eigenvalue weighted by molar-refractivity contribution is 7.89. The molecular formula is C17H24N2O5S. The van der Waals surface area contributed by atoms with Crippen LogP contribution in [0.4, 0.5) is 5.69 Å². The average molecular weight is 368 g/mol. The van der Waals surface area contributed by atoms with Crippen LogP contribution in [0.1, 0.15) is 27.2 Å². The van der Waals surface area contributed by atoms with Gasteiger partial charge in [0.1, 0.15) is 0 Å². The number of hydrogen-bond donors (Lipinski definition) is 1. The minimum absolute atomic E-state index is 0.102. The molecule has 1 aromatic carbocycles. The van der Waals surface area contributed by atoms with Gasteiger partial charge in [-0.3, -0.25) is 9.59 Å². The molecule has 25 heavy (non-hydrogen) atoms. The molecule has 7 nitrogen and oxygen atoms in total. The van der Waals surface area contributed by atoms with Gasteiger partial charge in [0, 0.05) is 18.8 Å². The van der Waals surface area contributed by atoms with E-state index in [1.807, 2.05) is 6.92 Å². The van der Waals surface area contributed by atoms with Crippen LogP contribution in [-0.2, 0) is 24.3 Å². The van der Waals surface area contributed by atoms with Gasteiger partial charge in [0.2, 0.25) is 10.0 Å². The number of benzene rings is 1. The molecule has 1 aliphatic rings. The number of anilines is 1. The van der Waals surface area contributed by atoms with E-state index in [0.29, 0.717) is 24.7 Å². The van der Waals surface area contributed by atoms with Gasteiger partial charge in [-0.1, -0.05) is 26.8 Å². The highest BCUT2D eigenvalue weighted by Gasteiger charge is 2.40. The molecule has 1 N–H and O–H groups in total. The zero-order valence-electron chi connectivity index (χ0n) is 14.7. The fraction of sp³-hybridized carbons (Fsp3) is 0.529. The second kappa shape index (κ2) is 7.97. The van der Waals surface area contributed by atoms with Crippen molar-refractivity contribution in [3.63, 3.8) is 0 Å². The molecule has 0 heterocycles. The molecule has 0 radical (unpaired) electrons. The van der Waals surface area contributed by atoms with Gasteiger partial charge in [-0.2, -0.15) is 4.31 Å². The Kier molecular flexibility index (Phi) is 6.18. The third kappa shape index (κ3) is 4.79. The van der Waals surface area contributed by atoms with Crippen molar-refractivity contribution in [2.45, 2.75) is 32.1 Å². The second-order valence-electron chi connectivity index (χ2n) is 6.09.